The van der Waals surface area contributed by atoms with Crippen LogP contribution in [-0.4, -0.2) is 35.4 Å². The van der Waals surface area contributed by atoms with Crippen molar-refractivity contribution in [2.75, 3.05) is 0 Å². The molecule has 4 rings (SSSR count). The van der Waals surface area contributed by atoms with Gasteiger partial charge in [-0.1, -0.05) is 18.2 Å². The van der Waals surface area contributed by atoms with Crippen LogP contribution in [0.1, 0.15) is 34.8 Å². The molecule has 1 aromatic carbocycles. The van der Waals surface area contributed by atoms with E-state index in [1.165, 1.54) is 6.33 Å². The molecular formula is C16H17N7O. The lowest BCUT2D eigenvalue weighted by Crippen LogP contribution is -2.28. The molecule has 0 aliphatic carbocycles. The summed E-state index contributed by atoms with van der Waals surface area (Å²) < 4.78 is 3.60. The zero-order valence-electron chi connectivity index (χ0n) is 13.1. The van der Waals surface area contributed by atoms with Gasteiger partial charge in [0, 0.05) is 19.5 Å². The van der Waals surface area contributed by atoms with E-state index in [1.807, 2.05) is 28.8 Å². The molecule has 1 aliphatic rings. The van der Waals surface area contributed by atoms with E-state index in [4.69, 9.17) is 0 Å². The molecule has 3 aromatic rings. The third-order valence-corrected chi connectivity index (χ3v) is 4.16. The molecule has 0 fully saturated rings. The van der Waals surface area contributed by atoms with Crippen LogP contribution in [0.4, 0.5) is 0 Å². The van der Waals surface area contributed by atoms with Crippen LogP contribution < -0.4 is 5.32 Å². The first-order valence-electron chi connectivity index (χ1n) is 7.96. The van der Waals surface area contributed by atoms with Gasteiger partial charge in [-0.3, -0.25) is 4.79 Å². The molecule has 8 heteroatoms. The number of hydrogen-bond acceptors (Lipinski definition) is 5. The van der Waals surface area contributed by atoms with Gasteiger partial charge in [0.05, 0.1) is 5.69 Å². The fourth-order valence-corrected chi connectivity index (χ4v) is 2.95. The Morgan fingerprint density at radius 2 is 2.12 bits per heavy atom. The van der Waals surface area contributed by atoms with Gasteiger partial charge in [0.2, 0.25) is 5.82 Å². The van der Waals surface area contributed by atoms with Gasteiger partial charge in [0.15, 0.2) is 0 Å². The summed E-state index contributed by atoms with van der Waals surface area (Å²) in [6.45, 7) is 1.19. The van der Waals surface area contributed by atoms with Crippen molar-refractivity contribution < 1.29 is 4.79 Å². The fourth-order valence-electron chi connectivity index (χ4n) is 2.95. The Morgan fingerprint density at radius 3 is 3.00 bits per heavy atom. The van der Waals surface area contributed by atoms with Crippen molar-refractivity contribution in [2.24, 2.45) is 0 Å². The maximum atomic E-state index is 12.5. The van der Waals surface area contributed by atoms with E-state index in [-0.39, 0.29) is 5.91 Å². The molecule has 0 saturated heterocycles. The molecule has 0 radical (unpaired) electrons. The smallest absolute Gasteiger partial charge is 0.289 e. The average molecular weight is 323 g/mol. The maximum absolute atomic E-state index is 12.5. The van der Waals surface area contributed by atoms with E-state index in [0.29, 0.717) is 12.4 Å². The number of carbonyl (C=O) groups is 1. The first-order valence-corrected chi connectivity index (χ1v) is 7.96. The predicted octanol–water partition coefficient (Wildman–Crippen LogP) is 1.13. The van der Waals surface area contributed by atoms with E-state index in [9.17, 15) is 4.79 Å². The number of carbonyl (C=O) groups excluding carboxylic acids is 1. The number of rotatable bonds is 4. The molecule has 122 valence electrons. The highest BCUT2D eigenvalue weighted by molar-refractivity contribution is 5.90. The monoisotopic (exact) mass is 323 g/mol. The standard InChI is InChI=1S/C16H17N7O/c24-16(15-21-20-14-7-3-4-8-22(14)15)18-9-12-5-1-2-6-13(12)23-11-17-10-19-23/h1-2,5-6,10-11H,3-4,7-9H2,(H,18,24). The number of nitrogens with one attached hydrogen (secondary N) is 1. The number of nitrogens with zero attached hydrogens (tertiary/aromatic N) is 6. The van der Waals surface area contributed by atoms with Crippen molar-refractivity contribution in [2.45, 2.75) is 32.4 Å². The molecule has 0 bridgehead atoms. The average Bonchev–Trinajstić information content (AvgIpc) is 3.29. The Labute approximate surface area is 138 Å². The molecule has 1 amide bonds. The number of benzene rings is 1. The Hall–Kier alpha value is -3.03. The maximum Gasteiger partial charge on any atom is 0.289 e. The van der Waals surface area contributed by atoms with Gasteiger partial charge in [-0.05, 0) is 24.5 Å². The Bertz CT molecular complexity index is 853. The van der Waals surface area contributed by atoms with Gasteiger partial charge in [0.1, 0.15) is 18.5 Å². The van der Waals surface area contributed by atoms with Crippen LogP contribution in [-0.2, 0) is 19.5 Å². The molecule has 3 heterocycles. The largest absolute Gasteiger partial charge is 0.345 e. The van der Waals surface area contributed by atoms with Crippen LogP contribution in [0.15, 0.2) is 36.9 Å². The third-order valence-electron chi connectivity index (χ3n) is 4.16. The molecule has 24 heavy (non-hydrogen) atoms. The second kappa shape index (κ2) is 6.23. The van der Waals surface area contributed by atoms with Crippen molar-refractivity contribution in [3.63, 3.8) is 0 Å². The Kier molecular flexibility index (Phi) is 3.78. The van der Waals surface area contributed by atoms with Gasteiger partial charge >= 0.3 is 0 Å². The first kappa shape index (κ1) is 14.6. The SMILES string of the molecule is O=C(NCc1ccccc1-n1cncn1)c1nnc2n1CCCC2. The third kappa shape index (κ3) is 2.66. The lowest BCUT2D eigenvalue weighted by atomic mass is 10.1. The number of aromatic nitrogens is 6. The molecule has 8 nitrogen and oxygen atoms in total. The van der Waals surface area contributed by atoms with Crippen molar-refractivity contribution in [1.29, 1.82) is 0 Å². The summed E-state index contributed by atoms with van der Waals surface area (Å²) in [6, 6.07) is 7.75. The summed E-state index contributed by atoms with van der Waals surface area (Å²) >= 11 is 0. The second-order valence-corrected chi connectivity index (χ2v) is 5.70. The summed E-state index contributed by atoms with van der Waals surface area (Å²) in [4.78, 5) is 16.4. The Balaban J connectivity index is 1.52. The molecule has 0 unspecified atom stereocenters. The van der Waals surface area contributed by atoms with Gasteiger partial charge in [-0.2, -0.15) is 5.10 Å². The number of para-hydroxylation sites is 1. The molecule has 0 spiro atoms. The summed E-state index contributed by atoms with van der Waals surface area (Å²) in [5.74, 6) is 1.08. The van der Waals surface area contributed by atoms with Gasteiger partial charge < -0.3 is 9.88 Å². The summed E-state index contributed by atoms with van der Waals surface area (Å²) in [6.07, 6.45) is 6.16. The summed E-state index contributed by atoms with van der Waals surface area (Å²) in [5, 5.41) is 15.3. The van der Waals surface area contributed by atoms with Crippen molar-refractivity contribution in [3.8, 4) is 5.69 Å². The first-order chi connectivity index (χ1) is 11.8. The lowest BCUT2D eigenvalue weighted by molar-refractivity contribution is 0.0934. The van der Waals surface area contributed by atoms with Crippen LogP contribution in [0.3, 0.4) is 0 Å². The lowest BCUT2D eigenvalue weighted by Gasteiger charge is -2.14. The summed E-state index contributed by atoms with van der Waals surface area (Å²) in [5.41, 5.74) is 1.84. The molecule has 0 saturated carbocycles. The Morgan fingerprint density at radius 1 is 1.21 bits per heavy atom. The van der Waals surface area contributed by atoms with Gasteiger partial charge in [0.25, 0.3) is 5.91 Å². The second-order valence-electron chi connectivity index (χ2n) is 5.70. The van der Waals surface area contributed by atoms with Crippen LogP contribution in [0.5, 0.6) is 0 Å². The molecular weight excluding hydrogens is 306 g/mol. The van der Waals surface area contributed by atoms with E-state index < -0.39 is 0 Å². The van der Waals surface area contributed by atoms with Crippen molar-refractivity contribution >= 4 is 5.91 Å². The zero-order valence-corrected chi connectivity index (χ0v) is 13.1. The highest BCUT2D eigenvalue weighted by Gasteiger charge is 2.20. The molecule has 1 aliphatic heterocycles. The number of fused-ring (bicyclic) bond motifs is 1. The zero-order chi connectivity index (χ0) is 16.4. The van der Waals surface area contributed by atoms with Gasteiger partial charge in [-0.15, -0.1) is 10.2 Å². The highest BCUT2D eigenvalue weighted by Crippen LogP contribution is 2.15. The van der Waals surface area contributed by atoms with Crippen LogP contribution >= 0.6 is 0 Å². The van der Waals surface area contributed by atoms with E-state index in [2.05, 4.69) is 25.6 Å². The quantitative estimate of drug-likeness (QED) is 0.777. The minimum atomic E-state index is -0.205. The fraction of sp³-hybridized carbons (Fsp3) is 0.312. The molecule has 2 aromatic heterocycles. The van der Waals surface area contributed by atoms with E-state index >= 15 is 0 Å². The van der Waals surface area contributed by atoms with Crippen molar-refractivity contribution in [1.82, 2.24) is 34.8 Å². The number of amides is 1. The molecule has 1 N–H and O–H groups in total. The summed E-state index contributed by atoms with van der Waals surface area (Å²) in [7, 11) is 0. The predicted molar refractivity (Wildman–Crippen MR) is 85.5 cm³/mol. The normalized spacial score (nSPS) is 13.5. The minimum Gasteiger partial charge on any atom is -0.345 e. The topological polar surface area (TPSA) is 90.5 Å². The van der Waals surface area contributed by atoms with E-state index in [0.717, 1.165) is 42.9 Å². The number of hydrogen-bond donors (Lipinski definition) is 1. The van der Waals surface area contributed by atoms with Gasteiger partial charge in [-0.25, -0.2) is 9.67 Å². The molecule has 0 atom stereocenters. The van der Waals surface area contributed by atoms with E-state index in [1.54, 1.807) is 11.0 Å². The highest BCUT2D eigenvalue weighted by atomic mass is 16.2. The van der Waals surface area contributed by atoms with Crippen molar-refractivity contribution in [3.05, 3.63) is 54.1 Å². The minimum absolute atomic E-state index is 0.205. The number of aryl methyl sites for hydroxylation is 1. The van der Waals surface area contributed by atoms with Crippen LogP contribution in [0.25, 0.3) is 5.69 Å². The van der Waals surface area contributed by atoms with Crippen LogP contribution in [0, 0.1) is 0 Å². The van der Waals surface area contributed by atoms with Crippen LogP contribution in [0.2, 0.25) is 0 Å².